The van der Waals surface area contributed by atoms with E-state index in [4.69, 9.17) is 9.57 Å². The van der Waals surface area contributed by atoms with Gasteiger partial charge in [-0.2, -0.15) is 5.06 Å². The van der Waals surface area contributed by atoms with Gasteiger partial charge in [0.25, 0.3) is 0 Å². The third kappa shape index (κ3) is 2.69. The Bertz CT molecular complexity index is 303. The van der Waals surface area contributed by atoms with Gasteiger partial charge in [0, 0.05) is 12.5 Å². The lowest BCUT2D eigenvalue weighted by Crippen LogP contribution is -2.36. The molecule has 2 fully saturated rings. The van der Waals surface area contributed by atoms with Crippen LogP contribution in [0.15, 0.2) is 12.2 Å². The zero-order valence-corrected chi connectivity index (χ0v) is 10.6. The molecule has 17 heavy (non-hydrogen) atoms. The van der Waals surface area contributed by atoms with Crippen LogP contribution in [0.1, 0.15) is 33.1 Å². The molecule has 2 rings (SSSR count). The van der Waals surface area contributed by atoms with E-state index >= 15 is 0 Å². The van der Waals surface area contributed by atoms with Crippen molar-refractivity contribution in [3.8, 4) is 0 Å². The largest absolute Gasteiger partial charge is 0.461 e. The number of unbranched alkanes of at least 4 members (excludes halogenated alkanes) is 1. The number of esters is 1. The van der Waals surface area contributed by atoms with Gasteiger partial charge in [-0.15, -0.1) is 0 Å². The quantitative estimate of drug-likeness (QED) is 0.417. The molecule has 4 heteroatoms. The summed E-state index contributed by atoms with van der Waals surface area (Å²) in [6, 6.07) is -0.167. The number of carbonyl (C=O) groups excluding carboxylic acids is 1. The Kier molecular flexibility index (Phi) is 4.18. The van der Waals surface area contributed by atoms with Crippen molar-refractivity contribution < 1.29 is 14.4 Å². The number of rotatable bonds is 5. The molecule has 4 nitrogen and oxygen atoms in total. The third-order valence-corrected chi connectivity index (χ3v) is 3.45. The van der Waals surface area contributed by atoms with E-state index in [9.17, 15) is 4.79 Å². The lowest BCUT2D eigenvalue weighted by molar-refractivity contribution is -0.170. The second-order valence-electron chi connectivity index (χ2n) is 4.71. The molecule has 0 aliphatic carbocycles. The summed E-state index contributed by atoms with van der Waals surface area (Å²) >= 11 is 0. The van der Waals surface area contributed by atoms with Gasteiger partial charge in [-0.3, -0.25) is 9.63 Å². The molecule has 0 saturated carbocycles. The summed E-state index contributed by atoms with van der Waals surface area (Å²) in [5, 5.41) is 1.82. The van der Waals surface area contributed by atoms with Gasteiger partial charge in [-0.25, -0.2) is 0 Å². The lowest BCUT2D eigenvalue weighted by Gasteiger charge is -2.17. The van der Waals surface area contributed by atoms with E-state index < -0.39 is 0 Å². The van der Waals surface area contributed by atoms with Crippen LogP contribution in [0.25, 0.3) is 0 Å². The molecule has 0 unspecified atom stereocenters. The molecule has 2 heterocycles. The van der Waals surface area contributed by atoms with Crippen molar-refractivity contribution in [2.75, 3.05) is 13.2 Å². The average Bonchev–Trinajstić information content (AvgIpc) is 2.83. The van der Waals surface area contributed by atoms with E-state index in [-0.39, 0.29) is 24.0 Å². The average molecular weight is 239 g/mol. The molecular formula is C13H21NO3. The molecule has 0 bridgehead atoms. The summed E-state index contributed by atoms with van der Waals surface area (Å²) in [7, 11) is 0. The molecule has 2 aliphatic heterocycles. The summed E-state index contributed by atoms with van der Waals surface area (Å²) < 4.78 is 5.23. The van der Waals surface area contributed by atoms with Gasteiger partial charge in [-0.1, -0.05) is 19.1 Å². The first kappa shape index (κ1) is 12.6. The number of carbonyl (C=O) groups is 1. The van der Waals surface area contributed by atoms with E-state index in [2.05, 4.69) is 19.1 Å². The van der Waals surface area contributed by atoms with Crippen LogP contribution in [-0.4, -0.2) is 36.3 Å². The van der Waals surface area contributed by atoms with Crippen LogP contribution in [-0.2, 0) is 14.4 Å². The normalized spacial score (nSPS) is 33.3. The highest BCUT2D eigenvalue weighted by Gasteiger charge is 2.50. The minimum absolute atomic E-state index is 0.00233. The fourth-order valence-corrected chi connectivity index (χ4v) is 2.44. The molecule has 3 atom stereocenters. The van der Waals surface area contributed by atoms with Gasteiger partial charge in [0.1, 0.15) is 12.1 Å². The molecule has 2 aliphatic rings. The van der Waals surface area contributed by atoms with Crippen LogP contribution >= 0.6 is 0 Å². The van der Waals surface area contributed by atoms with Crippen LogP contribution in [0.3, 0.4) is 0 Å². The second-order valence-corrected chi connectivity index (χ2v) is 4.71. The smallest absolute Gasteiger partial charge is 0.326 e. The van der Waals surface area contributed by atoms with Gasteiger partial charge in [0.2, 0.25) is 0 Å². The number of hydroxylamine groups is 2. The first-order valence-corrected chi connectivity index (χ1v) is 6.49. The summed E-state index contributed by atoms with van der Waals surface area (Å²) in [5.41, 5.74) is 0. The number of hydrogen-bond donors (Lipinski definition) is 0. The maximum absolute atomic E-state index is 11.7. The van der Waals surface area contributed by atoms with Gasteiger partial charge in [0.15, 0.2) is 0 Å². The SMILES string of the molecule is CC/C=C\CCCN1OC[C@H]2[C@H](C)OC(=O)[C@H]21. The van der Waals surface area contributed by atoms with Crippen molar-refractivity contribution in [1.29, 1.82) is 0 Å². The third-order valence-electron chi connectivity index (χ3n) is 3.45. The molecule has 0 amide bonds. The Morgan fingerprint density at radius 3 is 3.06 bits per heavy atom. The van der Waals surface area contributed by atoms with Gasteiger partial charge in [-0.05, 0) is 26.2 Å². The molecule has 0 aromatic heterocycles. The predicted octanol–water partition coefficient (Wildman–Crippen LogP) is 1.91. The molecule has 96 valence electrons. The summed E-state index contributed by atoms with van der Waals surface area (Å²) in [6.07, 6.45) is 7.48. The van der Waals surface area contributed by atoms with Crippen LogP contribution in [0.4, 0.5) is 0 Å². The Morgan fingerprint density at radius 2 is 2.29 bits per heavy atom. The Balaban J connectivity index is 1.79. The van der Waals surface area contributed by atoms with Crippen molar-refractivity contribution in [3.63, 3.8) is 0 Å². The first-order valence-electron chi connectivity index (χ1n) is 6.49. The Morgan fingerprint density at radius 1 is 1.47 bits per heavy atom. The lowest BCUT2D eigenvalue weighted by atomic mass is 10.00. The van der Waals surface area contributed by atoms with Crippen LogP contribution < -0.4 is 0 Å². The van der Waals surface area contributed by atoms with Crippen molar-refractivity contribution in [2.24, 2.45) is 5.92 Å². The highest BCUT2D eigenvalue weighted by atomic mass is 16.7. The Hall–Kier alpha value is -0.870. The number of fused-ring (bicyclic) bond motifs is 1. The van der Waals surface area contributed by atoms with Crippen molar-refractivity contribution in [2.45, 2.75) is 45.3 Å². The summed E-state index contributed by atoms with van der Waals surface area (Å²) in [4.78, 5) is 17.2. The van der Waals surface area contributed by atoms with Crippen LogP contribution in [0.2, 0.25) is 0 Å². The van der Waals surface area contributed by atoms with E-state index in [1.165, 1.54) is 0 Å². The zero-order valence-electron chi connectivity index (χ0n) is 10.6. The molecule has 0 spiro atoms. The van der Waals surface area contributed by atoms with Crippen molar-refractivity contribution in [1.82, 2.24) is 5.06 Å². The zero-order chi connectivity index (χ0) is 12.3. The monoisotopic (exact) mass is 239 g/mol. The van der Waals surface area contributed by atoms with E-state index in [0.717, 1.165) is 25.8 Å². The standard InChI is InChI=1S/C13H21NO3/c1-3-4-5-6-7-8-14-12-11(9-16-14)10(2)17-13(12)15/h4-5,10-12H,3,6-9H2,1-2H3/b5-4-/t10-,11-,12-/m0/s1. The van der Waals surface area contributed by atoms with Crippen molar-refractivity contribution in [3.05, 3.63) is 12.2 Å². The number of ether oxygens (including phenoxy) is 1. The number of hydrogen-bond acceptors (Lipinski definition) is 4. The molecule has 2 saturated heterocycles. The molecule has 0 aromatic rings. The Labute approximate surface area is 103 Å². The van der Waals surface area contributed by atoms with Crippen LogP contribution in [0, 0.1) is 5.92 Å². The molecule has 0 N–H and O–H groups in total. The molecule has 0 radical (unpaired) electrons. The topological polar surface area (TPSA) is 38.8 Å². The minimum atomic E-state index is -0.167. The fourth-order valence-electron chi connectivity index (χ4n) is 2.44. The number of allylic oxidation sites excluding steroid dienone is 2. The van der Waals surface area contributed by atoms with E-state index in [1.807, 2.05) is 12.0 Å². The number of nitrogens with zero attached hydrogens (tertiary/aromatic N) is 1. The van der Waals surface area contributed by atoms with Gasteiger partial charge >= 0.3 is 5.97 Å². The van der Waals surface area contributed by atoms with Crippen molar-refractivity contribution >= 4 is 5.97 Å². The highest BCUT2D eigenvalue weighted by Crippen LogP contribution is 2.32. The highest BCUT2D eigenvalue weighted by molar-refractivity contribution is 5.78. The van der Waals surface area contributed by atoms with Gasteiger partial charge < -0.3 is 4.74 Å². The first-order chi connectivity index (χ1) is 8.24. The molecule has 0 aromatic carbocycles. The second kappa shape index (κ2) is 5.65. The fraction of sp³-hybridized carbons (Fsp3) is 0.769. The van der Waals surface area contributed by atoms with E-state index in [0.29, 0.717) is 6.61 Å². The maximum Gasteiger partial charge on any atom is 0.326 e. The molecular weight excluding hydrogens is 218 g/mol. The van der Waals surface area contributed by atoms with Gasteiger partial charge in [0.05, 0.1) is 6.61 Å². The maximum atomic E-state index is 11.7. The van der Waals surface area contributed by atoms with E-state index in [1.54, 1.807) is 0 Å². The minimum Gasteiger partial charge on any atom is -0.461 e. The van der Waals surface area contributed by atoms with Crippen LogP contribution in [0.5, 0.6) is 0 Å². The number of cyclic esters (lactones) is 1. The predicted molar refractivity (Wildman–Crippen MR) is 64.2 cm³/mol. The summed E-state index contributed by atoms with van der Waals surface area (Å²) in [5.74, 6) is 0.0952. The summed E-state index contributed by atoms with van der Waals surface area (Å²) in [6.45, 7) is 5.49.